The van der Waals surface area contributed by atoms with Crippen molar-refractivity contribution in [3.63, 3.8) is 0 Å². The first-order chi connectivity index (χ1) is 26.8. The molecule has 0 aliphatic rings. The Morgan fingerprint density at radius 3 is 1.20 bits per heavy atom. The van der Waals surface area contributed by atoms with Gasteiger partial charge in [-0.1, -0.05) is 141 Å². The molecule has 0 aromatic rings. The molecule has 0 aliphatic carbocycles. The summed E-state index contributed by atoms with van der Waals surface area (Å²) in [6, 6.07) is 0. The Hall–Kier alpha value is -2.19. The van der Waals surface area contributed by atoms with Gasteiger partial charge in [0.2, 0.25) is 5.91 Å². The molecule has 0 saturated heterocycles. The molecule has 0 saturated carbocycles. The molecule has 0 unspecified atom stereocenters. The van der Waals surface area contributed by atoms with Crippen LogP contribution in [0, 0.1) is 0 Å². The average Bonchev–Trinajstić information content (AvgIpc) is 3.16. The fraction of sp³-hybridized carbons (Fsp3) is 0.851. The number of likely N-dealkylation sites (N-methyl/N-ethyl adjacent to an activating group) is 1. The number of carbonyl (C=O) groups excluding carboxylic acids is 3. The Balaban J connectivity index is 4.22. The first kappa shape index (κ1) is 52.8. The molecule has 0 atom stereocenters. The summed E-state index contributed by atoms with van der Waals surface area (Å²) in [5, 5.41) is 9.37. The molecule has 0 heterocycles. The number of hydrogen-bond donors (Lipinski definition) is 1. The van der Waals surface area contributed by atoms with Gasteiger partial charge < -0.3 is 24.0 Å². The third-order valence-electron chi connectivity index (χ3n) is 10.5. The number of esters is 2. The Morgan fingerprint density at radius 1 is 0.491 bits per heavy atom. The van der Waals surface area contributed by atoms with Gasteiger partial charge in [0.15, 0.2) is 0 Å². The van der Waals surface area contributed by atoms with Crippen LogP contribution in [-0.4, -0.2) is 92.4 Å². The second-order valence-corrected chi connectivity index (χ2v) is 16.3. The van der Waals surface area contributed by atoms with Crippen LogP contribution in [0.15, 0.2) is 24.3 Å². The van der Waals surface area contributed by atoms with E-state index in [0.717, 1.165) is 51.4 Å². The van der Waals surface area contributed by atoms with Gasteiger partial charge in [0.1, 0.15) is 19.8 Å². The lowest BCUT2D eigenvalue weighted by Crippen LogP contribution is -2.45. The van der Waals surface area contributed by atoms with E-state index in [1.54, 1.807) is 4.90 Å². The van der Waals surface area contributed by atoms with Gasteiger partial charge >= 0.3 is 11.9 Å². The predicted molar refractivity (Wildman–Crippen MR) is 231 cm³/mol. The van der Waals surface area contributed by atoms with Crippen LogP contribution in [0.4, 0.5) is 0 Å². The zero-order valence-corrected chi connectivity index (χ0v) is 36.6. The smallest absolute Gasteiger partial charge is 0.305 e. The maximum absolute atomic E-state index is 13.2. The molecule has 0 rings (SSSR count). The fourth-order valence-electron chi connectivity index (χ4n) is 6.66. The van der Waals surface area contributed by atoms with Crippen molar-refractivity contribution in [2.45, 2.75) is 200 Å². The maximum atomic E-state index is 13.2. The third kappa shape index (κ3) is 38.5. The van der Waals surface area contributed by atoms with Crippen LogP contribution in [0.2, 0.25) is 0 Å². The lowest BCUT2D eigenvalue weighted by Gasteiger charge is -2.30. The summed E-state index contributed by atoms with van der Waals surface area (Å²) in [4.78, 5) is 39.6. The highest BCUT2D eigenvalue weighted by Gasteiger charge is 2.21. The van der Waals surface area contributed by atoms with Crippen LogP contribution in [0.25, 0.3) is 0 Å². The van der Waals surface area contributed by atoms with Crippen molar-refractivity contribution in [2.24, 2.45) is 0 Å². The Morgan fingerprint density at radius 2 is 0.836 bits per heavy atom. The highest BCUT2D eigenvalue weighted by molar-refractivity contribution is 5.76. The van der Waals surface area contributed by atoms with E-state index < -0.39 is 0 Å². The molecule has 0 aromatic heterocycles. The highest BCUT2D eigenvalue weighted by atomic mass is 16.5. The van der Waals surface area contributed by atoms with Crippen molar-refractivity contribution in [1.82, 2.24) is 4.90 Å². The number of amides is 1. The summed E-state index contributed by atoms with van der Waals surface area (Å²) in [7, 11) is 3.98. The minimum atomic E-state index is -0.225. The van der Waals surface area contributed by atoms with E-state index in [1.807, 2.05) is 14.1 Å². The molecule has 0 aromatic carbocycles. The SMILES string of the molecule is CCCCCCCCC=CCCCCCCCC(=O)OCCN(CCOC(=O)CCCCCCCC=CCCCCCCCC)C(=O)CC[N+](C)(C)CCO. The highest BCUT2D eigenvalue weighted by Crippen LogP contribution is 2.12. The van der Waals surface area contributed by atoms with E-state index in [1.165, 1.54) is 116 Å². The van der Waals surface area contributed by atoms with Crippen LogP contribution < -0.4 is 0 Å². The van der Waals surface area contributed by atoms with Crippen LogP contribution in [0.5, 0.6) is 0 Å². The summed E-state index contributed by atoms with van der Waals surface area (Å²) in [6.45, 7) is 6.54. The van der Waals surface area contributed by atoms with Gasteiger partial charge in [-0.3, -0.25) is 14.4 Å². The van der Waals surface area contributed by atoms with Crippen molar-refractivity contribution in [2.75, 3.05) is 60.1 Å². The van der Waals surface area contributed by atoms with E-state index in [0.29, 0.717) is 36.8 Å². The Labute approximate surface area is 339 Å². The lowest BCUT2D eigenvalue weighted by atomic mass is 10.1. The normalized spacial score (nSPS) is 11.9. The number of unbranched alkanes of at least 4 members (excludes halogenated alkanes) is 22. The van der Waals surface area contributed by atoms with Gasteiger partial charge in [0, 0.05) is 12.8 Å². The minimum absolute atomic E-state index is 0.0597. The number of aliphatic hydroxyl groups is 1. The molecule has 0 aliphatic heterocycles. The van der Waals surface area contributed by atoms with Gasteiger partial charge in [-0.2, -0.15) is 0 Å². The fourth-order valence-corrected chi connectivity index (χ4v) is 6.66. The maximum Gasteiger partial charge on any atom is 0.305 e. The summed E-state index contributed by atoms with van der Waals surface area (Å²) < 4.78 is 11.5. The van der Waals surface area contributed by atoms with Gasteiger partial charge in [0.05, 0.1) is 46.8 Å². The number of nitrogens with zero attached hydrogens (tertiary/aromatic N) is 2. The van der Waals surface area contributed by atoms with Crippen molar-refractivity contribution < 1.29 is 33.4 Å². The van der Waals surface area contributed by atoms with Crippen LogP contribution in [0.3, 0.4) is 0 Å². The number of ether oxygens (including phenoxy) is 2. The van der Waals surface area contributed by atoms with Crippen molar-refractivity contribution in [1.29, 1.82) is 0 Å². The van der Waals surface area contributed by atoms with Crippen molar-refractivity contribution in [3.05, 3.63) is 24.3 Å². The number of hydrogen-bond acceptors (Lipinski definition) is 6. The Bertz CT molecular complexity index is 892. The van der Waals surface area contributed by atoms with Gasteiger partial charge in [-0.25, -0.2) is 0 Å². The third-order valence-corrected chi connectivity index (χ3v) is 10.5. The predicted octanol–water partition coefficient (Wildman–Crippen LogP) is 11.4. The molecule has 1 amide bonds. The minimum Gasteiger partial charge on any atom is -0.464 e. The van der Waals surface area contributed by atoms with Crippen molar-refractivity contribution in [3.8, 4) is 0 Å². The molecule has 0 radical (unpaired) electrons. The molecule has 0 bridgehead atoms. The molecule has 55 heavy (non-hydrogen) atoms. The molecular formula is C47H89N2O6+. The van der Waals surface area contributed by atoms with Gasteiger partial charge in [-0.05, 0) is 64.2 Å². The largest absolute Gasteiger partial charge is 0.464 e. The van der Waals surface area contributed by atoms with Gasteiger partial charge in [-0.15, -0.1) is 0 Å². The molecule has 8 nitrogen and oxygen atoms in total. The van der Waals surface area contributed by atoms with E-state index in [-0.39, 0.29) is 50.8 Å². The molecule has 8 heteroatoms. The molecule has 1 N–H and O–H groups in total. The van der Waals surface area contributed by atoms with Crippen LogP contribution in [-0.2, 0) is 23.9 Å². The van der Waals surface area contributed by atoms with Crippen LogP contribution in [0.1, 0.15) is 200 Å². The van der Waals surface area contributed by atoms with E-state index >= 15 is 0 Å². The lowest BCUT2D eigenvalue weighted by molar-refractivity contribution is -0.890. The summed E-state index contributed by atoms with van der Waals surface area (Å²) in [5.41, 5.74) is 0. The van der Waals surface area contributed by atoms with E-state index in [4.69, 9.17) is 9.47 Å². The number of rotatable bonds is 41. The number of quaternary nitrogens is 1. The summed E-state index contributed by atoms with van der Waals surface area (Å²) in [5.74, 6) is -0.514. The zero-order valence-electron chi connectivity index (χ0n) is 36.6. The first-order valence-electron chi connectivity index (χ1n) is 23.1. The number of carbonyl (C=O) groups is 3. The topological polar surface area (TPSA) is 93.1 Å². The summed E-state index contributed by atoms with van der Waals surface area (Å²) in [6.07, 6.45) is 42.0. The van der Waals surface area contributed by atoms with E-state index in [9.17, 15) is 19.5 Å². The number of aliphatic hydroxyl groups excluding tert-OH is 1. The monoisotopic (exact) mass is 778 g/mol. The quantitative estimate of drug-likeness (QED) is 0.0288. The molecule has 0 fully saturated rings. The first-order valence-corrected chi connectivity index (χ1v) is 23.1. The zero-order chi connectivity index (χ0) is 40.5. The van der Waals surface area contributed by atoms with Crippen LogP contribution >= 0.6 is 0 Å². The molecule has 322 valence electrons. The molecular weight excluding hydrogens is 689 g/mol. The molecule has 0 spiro atoms. The summed E-state index contributed by atoms with van der Waals surface area (Å²) >= 11 is 0. The number of allylic oxidation sites excluding steroid dienone is 4. The Kier molecular flexibility index (Phi) is 38.4. The van der Waals surface area contributed by atoms with Crippen molar-refractivity contribution >= 4 is 17.8 Å². The second kappa shape index (κ2) is 40.0. The van der Waals surface area contributed by atoms with Gasteiger partial charge in [0.25, 0.3) is 0 Å². The average molecular weight is 778 g/mol. The second-order valence-electron chi connectivity index (χ2n) is 16.3. The van der Waals surface area contributed by atoms with E-state index in [2.05, 4.69) is 38.2 Å². The standard InChI is InChI=1S/C47H89N2O6/c1-5-7-9-11-13-15-17-19-21-23-25-27-29-31-33-35-46(52)54-43-38-48(45(51)37-40-49(3,4)41-42-50)39-44-55-47(53)36-34-32-30-28-26-24-22-20-18-16-14-12-10-8-6-2/h19-22,50H,5-18,23-44H2,1-4H3/q+1.